The van der Waals surface area contributed by atoms with Gasteiger partial charge >= 0.3 is 6.61 Å². The molecule has 3 nitrogen and oxygen atoms in total. The van der Waals surface area contributed by atoms with Gasteiger partial charge in [-0.05, 0) is 18.2 Å². The van der Waals surface area contributed by atoms with Gasteiger partial charge in [-0.3, -0.25) is 4.79 Å². The first-order valence-electron chi connectivity index (χ1n) is 4.33. The monoisotopic (exact) mass is 245 g/mol. The van der Waals surface area contributed by atoms with Crippen molar-refractivity contribution in [3.05, 3.63) is 39.6 Å². The fraction of sp³-hybridized carbons (Fsp3) is 0.100. The molecule has 0 aliphatic heterocycles. The average molecular weight is 246 g/mol. The summed E-state index contributed by atoms with van der Waals surface area (Å²) in [6, 6.07) is 5.32. The van der Waals surface area contributed by atoms with Crippen LogP contribution in [-0.2, 0) is 0 Å². The molecule has 1 aromatic carbocycles. The van der Waals surface area contributed by atoms with Gasteiger partial charge in [-0.15, -0.1) is 0 Å². The van der Waals surface area contributed by atoms with Crippen LogP contribution in [0.1, 0.15) is 0 Å². The fourth-order valence-electron chi connectivity index (χ4n) is 1.37. The van der Waals surface area contributed by atoms with Crippen molar-refractivity contribution in [1.29, 1.82) is 0 Å². The molecule has 0 unspecified atom stereocenters. The Kier molecular flexibility index (Phi) is 2.78. The minimum Gasteiger partial charge on any atom is -0.435 e. The molecular formula is C10H6ClF2NO2. The molecule has 1 heterocycles. The van der Waals surface area contributed by atoms with E-state index >= 15 is 0 Å². The summed E-state index contributed by atoms with van der Waals surface area (Å²) in [4.78, 5) is 13.6. The van der Waals surface area contributed by atoms with E-state index in [0.717, 1.165) is 0 Å². The van der Waals surface area contributed by atoms with Crippen molar-refractivity contribution in [2.45, 2.75) is 6.61 Å². The summed E-state index contributed by atoms with van der Waals surface area (Å²) in [6.07, 6.45) is 0. The molecule has 0 atom stereocenters. The molecule has 0 amide bonds. The molecule has 1 aromatic heterocycles. The number of fused-ring (bicyclic) bond motifs is 1. The number of alkyl halides is 2. The topological polar surface area (TPSA) is 42.1 Å². The van der Waals surface area contributed by atoms with Crippen molar-refractivity contribution in [3.63, 3.8) is 0 Å². The zero-order chi connectivity index (χ0) is 11.7. The maximum absolute atomic E-state index is 12.0. The van der Waals surface area contributed by atoms with Gasteiger partial charge in [-0.1, -0.05) is 11.6 Å². The highest BCUT2D eigenvalue weighted by atomic mass is 35.5. The van der Waals surface area contributed by atoms with Gasteiger partial charge in [0.15, 0.2) is 0 Å². The molecule has 6 heteroatoms. The van der Waals surface area contributed by atoms with E-state index in [1.54, 1.807) is 0 Å². The van der Waals surface area contributed by atoms with Crippen LogP contribution < -0.4 is 10.3 Å². The summed E-state index contributed by atoms with van der Waals surface area (Å²) in [6.45, 7) is -2.89. The summed E-state index contributed by atoms with van der Waals surface area (Å²) in [5, 5.41) is 0.651. The van der Waals surface area contributed by atoms with Crippen LogP contribution in [0, 0.1) is 0 Å². The summed E-state index contributed by atoms with van der Waals surface area (Å²) in [5.41, 5.74) is 0.124. The zero-order valence-corrected chi connectivity index (χ0v) is 8.59. The third kappa shape index (κ3) is 2.14. The lowest BCUT2D eigenvalue weighted by Gasteiger charge is -2.06. The fourth-order valence-corrected chi connectivity index (χ4v) is 1.62. The van der Waals surface area contributed by atoms with E-state index in [-0.39, 0.29) is 16.3 Å². The van der Waals surface area contributed by atoms with Crippen molar-refractivity contribution in [1.82, 2.24) is 4.98 Å². The Morgan fingerprint density at radius 3 is 2.75 bits per heavy atom. The minimum absolute atomic E-state index is 0.00329. The number of pyridine rings is 1. The molecule has 84 valence electrons. The molecule has 0 aliphatic rings. The highest BCUT2D eigenvalue weighted by molar-refractivity contribution is 6.35. The van der Waals surface area contributed by atoms with Gasteiger partial charge in [0, 0.05) is 11.5 Å². The second kappa shape index (κ2) is 4.09. The van der Waals surface area contributed by atoms with Gasteiger partial charge in [0.1, 0.15) is 5.75 Å². The maximum atomic E-state index is 12.0. The van der Waals surface area contributed by atoms with Crippen molar-refractivity contribution < 1.29 is 13.5 Å². The van der Waals surface area contributed by atoms with Crippen LogP contribution in [0.5, 0.6) is 5.75 Å². The Morgan fingerprint density at radius 2 is 2.06 bits per heavy atom. The van der Waals surface area contributed by atoms with E-state index < -0.39 is 6.61 Å². The summed E-state index contributed by atoms with van der Waals surface area (Å²) < 4.78 is 28.2. The van der Waals surface area contributed by atoms with Gasteiger partial charge in [-0.2, -0.15) is 8.78 Å². The Hall–Kier alpha value is -1.62. The molecule has 0 aliphatic carbocycles. The van der Waals surface area contributed by atoms with E-state index in [2.05, 4.69) is 9.72 Å². The molecule has 16 heavy (non-hydrogen) atoms. The number of benzene rings is 1. The number of rotatable bonds is 2. The smallest absolute Gasteiger partial charge is 0.387 e. The summed E-state index contributed by atoms with van der Waals surface area (Å²) >= 11 is 5.81. The average Bonchev–Trinajstić information content (AvgIpc) is 2.18. The third-order valence-corrected chi connectivity index (χ3v) is 2.30. The second-order valence-corrected chi connectivity index (χ2v) is 3.47. The van der Waals surface area contributed by atoms with Gasteiger partial charge < -0.3 is 9.72 Å². The Morgan fingerprint density at radius 1 is 1.31 bits per heavy atom. The Bertz CT molecular complexity index is 583. The standard InChI is InChI=1S/C10H6ClF2NO2/c11-7-4-9(15)14-8-2-1-5(3-6(7)8)16-10(12)13/h1-4,10H,(H,14,15). The quantitative estimate of drug-likeness (QED) is 0.884. The molecule has 2 rings (SSSR count). The molecule has 2 aromatic rings. The lowest BCUT2D eigenvalue weighted by Crippen LogP contribution is -2.05. The van der Waals surface area contributed by atoms with Gasteiger partial charge in [0.05, 0.1) is 10.5 Å². The minimum atomic E-state index is -2.89. The van der Waals surface area contributed by atoms with Gasteiger partial charge in [0.2, 0.25) is 5.56 Å². The van der Waals surface area contributed by atoms with Crippen LogP contribution in [-0.4, -0.2) is 11.6 Å². The SMILES string of the molecule is O=c1cc(Cl)c2cc(OC(F)F)ccc2[nH]1. The van der Waals surface area contributed by atoms with Crippen LogP contribution >= 0.6 is 11.6 Å². The lowest BCUT2D eigenvalue weighted by atomic mass is 10.2. The maximum Gasteiger partial charge on any atom is 0.387 e. The third-order valence-electron chi connectivity index (χ3n) is 1.99. The van der Waals surface area contributed by atoms with E-state index in [1.807, 2.05) is 0 Å². The Labute approximate surface area is 93.6 Å². The second-order valence-electron chi connectivity index (χ2n) is 3.07. The first-order valence-corrected chi connectivity index (χ1v) is 4.71. The van der Waals surface area contributed by atoms with Crippen LogP contribution in [0.3, 0.4) is 0 Å². The first kappa shape index (κ1) is 10.9. The van der Waals surface area contributed by atoms with E-state index in [0.29, 0.717) is 10.9 Å². The van der Waals surface area contributed by atoms with Gasteiger partial charge in [0.25, 0.3) is 0 Å². The predicted molar refractivity (Wildman–Crippen MR) is 56.2 cm³/mol. The van der Waals surface area contributed by atoms with E-state index in [1.165, 1.54) is 24.3 Å². The predicted octanol–water partition coefficient (Wildman–Crippen LogP) is 2.78. The molecule has 0 spiro atoms. The van der Waals surface area contributed by atoms with Crippen LogP contribution in [0.25, 0.3) is 10.9 Å². The van der Waals surface area contributed by atoms with Crippen molar-refractivity contribution in [3.8, 4) is 5.75 Å². The zero-order valence-electron chi connectivity index (χ0n) is 7.84. The summed E-state index contributed by atoms with van der Waals surface area (Å²) in [5.74, 6) is -0.00329. The molecule has 0 saturated carbocycles. The normalized spacial score (nSPS) is 11.0. The largest absolute Gasteiger partial charge is 0.435 e. The number of hydrogen-bond acceptors (Lipinski definition) is 2. The number of nitrogens with one attached hydrogen (secondary N) is 1. The van der Waals surface area contributed by atoms with Gasteiger partial charge in [-0.25, -0.2) is 0 Å². The number of aromatic nitrogens is 1. The van der Waals surface area contributed by atoms with Crippen LogP contribution in [0.2, 0.25) is 5.02 Å². The van der Waals surface area contributed by atoms with E-state index in [4.69, 9.17) is 11.6 Å². The first-order chi connectivity index (χ1) is 7.56. The number of ether oxygens (including phenoxy) is 1. The molecule has 1 N–H and O–H groups in total. The van der Waals surface area contributed by atoms with Crippen molar-refractivity contribution in [2.24, 2.45) is 0 Å². The molecule has 0 bridgehead atoms. The highest BCUT2D eigenvalue weighted by Crippen LogP contribution is 2.25. The highest BCUT2D eigenvalue weighted by Gasteiger charge is 2.07. The molecule has 0 saturated heterocycles. The molecular weight excluding hydrogens is 240 g/mol. The number of hydrogen-bond donors (Lipinski definition) is 1. The van der Waals surface area contributed by atoms with Crippen molar-refractivity contribution >= 4 is 22.5 Å². The van der Waals surface area contributed by atoms with Crippen LogP contribution in [0.15, 0.2) is 29.1 Å². The lowest BCUT2D eigenvalue weighted by molar-refractivity contribution is -0.0497. The Balaban J connectivity index is 2.57. The van der Waals surface area contributed by atoms with E-state index in [9.17, 15) is 13.6 Å². The molecule has 0 radical (unpaired) electrons. The van der Waals surface area contributed by atoms with Crippen molar-refractivity contribution in [2.75, 3.05) is 0 Å². The summed E-state index contributed by atoms with van der Waals surface area (Å²) in [7, 11) is 0. The number of H-pyrrole nitrogens is 1. The van der Waals surface area contributed by atoms with Crippen LogP contribution in [0.4, 0.5) is 8.78 Å². The number of halogens is 3. The molecule has 0 fully saturated rings. The number of aromatic amines is 1.